The molecule has 0 aliphatic heterocycles. The third-order valence-corrected chi connectivity index (χ3v) is 6.01. The molecule has 3 N–H and O–H groups in total. The Kier molecular flexibility index (Phi) is 7.01. The SMILES string of the molecule is CC1=CC=CC(CC(N)=O)(c2cc(Br)nn2-c2ncccc2Cl)C1CC(=O)NC(C)C. The van der Waals surface area contributed by atoms with Gasteiger partial charge in [0.1, 0.15) is 4.60 Å². The van der Waals surface area contributed by atoms with Gasteiger partial charge in [-0.25, -0.2) is 9.67 Å². The standard InChI is InChI=1S/C22H25BrClN5O2/c1-13(2)27-20(31)10-15-14(3)6-4-8-22(15,12-19(25)30)17-11-18(23)28-29(17)21-16(24)7-5-9-26-21/h4-9,11,13,15H,10,12H2,1-3H3,(H2,25,30)(H,27,31). The molecule has 2 amide bonds. The third kappa shape index (κ3) is 4.91. The third-order valence-electron chi connectivity index (χ3n) is 5.33. The molecule has 9 heteroatoms. The van der Waals surface area contributed by atoms with Gasteiger partial charge in [-0.05, 0) is 54.9 Å². The Hall–Kier alpha value is -2.45. The van der Waals surface area contributed by atoms with E-state index in [2.05, 4.69) is 31.3 Å². The lowest BCUT2D eigenvalue weighted by Gasteiger charge is -2.40. The minimum atomic E-state index is -0.904. The average Bonchev–Trinajstić information content (AvgIpc) is 3.06. The van der Waals surface area contributed by atoms with Crippen LogP contribution in [0.3, 0.4) is 0 Å². The molecule has 0 aromatic carbocycles. The Morgan fingerprint density at radius 1 is 1.42 bits per heavy atom. The van der Waals surface area contributed by atoms with Gasteiger partial charge in [0.15, 0.2) is 5.82 Å². The van der Waals surface area contributed by atoms with Gasteiger partial charge in [0, 0.05) is 36.4 Å². The Morgan fingerprint density at radius 2 is 2.16 bits per heavy atom. The van der Waals surface area contributed by atoms with E-state index in [1.54, 1.807) is 23.0 Å². The number of hydrogen-bond donors (Lipinski definition) is 2. The molecule has 2 aromatic heterocycles. The fourth-order valence-electron chi connectivity index (χ4n) is 4.12. The van der Waals surface area contributed by atoms with Gasteiger partial charge in [-0.3, -0.25) is 9.59 Å². The number of rotatable bonds is 7. The van der Waals surface area contributed by atoms with Gasteiger partial charge >= 0.3 is 0 Å². The van der Waals surface area contributed by atoms with Crippen molar-refractivity contribution in [1.29, 1.82) is 0 Å². The van der Waals surface area contributed by atoms with Crippen LogP contribution in [0, 0.1) is 5.92 Å². The molecule has 7 nitrogen and oxygen atoms in total. The summed E-state index contributed by atoms with van der Waals surface area (Å²) in [5.41, 5.74) is 6.45. The van der Waals surface area contributed by atoms with Gasteiger partial charge in [0.25, 0.3) is 0 Å². The van der Waals surface area contributed by atoms with Gasteiger partial charge in [-0.1, -0.05) is 35.4 Å². The molecule has 2 heterocycles. The predicted molar refractivity (Wildman–Crippen MR) is 124 cm³/mol. The molecule has 1 aliphatic rings. The van der Waals surface area contributed by atoms with Crippen LogP contribution < -0.4 is 11.1 Å². The van der Waals surface area contributed by atoms with Crippen molar-refractivity contribution in [2.24, 2.45) is 11.7 Å². The molecule has 2 atom stereocenters. The van der Waals surface area contributed by atoms with Gasteiger partial charge < -0.3 is 11.1 Å². The second-order valence-corrected chi connectivity index (χ2v) is 9.22. The lowest BCUT2D eigenvalue weighted by molar-refractivity contribution is -0.124. The van der Waals surface area contributed by atoms with Crippen molar-refractivity contribution >= 4 is 39.3 Å². The lowest BCUT2D eigenvalue weighted by atomic mass is 9.64. The van der Waals surface area contributed by atoms with E-state index in [9.17, 15) is 9.59 Å². The van der Waals surface area contributed by atoms with Crippen molar-refractivity contribution < 1.29 is 9.59 Å². The van der Waals surface area contributed by atoms with Crippen LogP contribution in [0.25, 0.3) is 5.82 Å². The van der Waals surface area contributed by atoms with E-state index < -0.39 is 11.3 Å². The highest BCUT2D eigenvalue weighted by atomic mass is 79.9. The minimum Gasteiger partial charge on any atom is -0.370 e. The van der Waals surface area contributed by atoms with Crippen molar-refractivity contribution in [3.63, 3.8) is 0 Å². The predicted octanol–water partition coefficient (Wildman–Crippen LogP) is 3.84. The van der Waals surface area contributed by atoms with E-state index >= 15 is 0 Å². The Balaban J connectivity index is 2.20. The lowest BCUT2D eigenvalue weighted by Crippen LogP contribution is -2.44. The second kappa shape index (κ2) is 9.36. The second-order valence-electron chi connectivity index (χ2n) is 8.01. The molecule has 3 rings (SSSR count). The number of nitrogens with one attached hydrogen (secondary N) is 1. The zero-order valence-electron chi connectivity index (χ0n) is 17.6. The van der Waals surface area contributed by atoms with Crippen molar-refractivity contribution in [2.45, 2.75) is 45.1 Å². The summed E-state index contributed by atoms with van der Waals surface area (Å²) in [5.74, 6) is -0.462. The van der Waals surface area contributed by atoms with Crippen LogP contribution >= 0.6 is 27.5 Å². The van der Waals surface area contributed by atoms with Crippen LogP contribution in [-0.2, 0) is 15.0 Å². The molecule has 0 fully saturated rings. The number of hydrogen-bond acceptors (Lipinski definition) is 4. The van der Waals surface area contributed by atoms with Crippen LogP contribution in [-0.4, -0.2) is 32.6 Å². The molecule has 0 radical (unpaired) electrons. The summed E-state index contributed by atoms with van der Waals surface area (Å²) in [5, 5.41) is 7.89. The molecule has 164 valence electrons. The number of pyridine rings is 1. The highest BCUT2D eigenvalue weighted by molar-refractivity contribution is 9.10. The maximum Gasteiger partial charge on any atom is 0.220 e. The summed E-state index contributed by atoms with van der Waals surface area (Å²) in [6, 6.07) is 5.28. The number of primary amides is 1. The van der Waals surface area contributed by atoms with E-state index in [0.717, 1.165) is 5.57 Å². The maximum absolute atomic E-state index is 12.7. The molecular weight excluding hydrogens is 482 g/mol. The first-order chi connectivity index (χ1) is 14.6. The number of nitrogens with zero attached hydrogens (tertiary/aromatic N) is 3. The molecule has 0 bridgehead atoms. The number of nitrogens with two attached hydrogens (primary N) is 1. The fraction of sp³-hybridized carbons (Fsp3) is 0.364. The number of carbonyl (C=O) groups excluding carboxylic acids is 2. The van der Waals surface area contributed by atoms with E-state index in [1.165, 1.54) is 0 Å². The first kappa shape index (κ1) is 23.2. The zero-order valence-corrected chi connectivity index (χ0v) is 19.9. The molecular formula is C22H25BrClN5O2. The van der Waals surface area contributed by atoms with Crippen molar-refractivity contribution in [3.05, 3.63) is 63.5 Å². The van der Waals surface area contributed by atoms with Crippen molar-refractivity contribution in [1.82, 2.24) is 20.1 Å². The zero-order chi connectivity index (χ0) is 22.8. The molecule has 31 heavy (non-hydrogen) atoms. The topological polar surface area (TPSA) is 103 Å². The first-order valence-corrected chi connectivity index (χ1v) is 11.1. The van der Waals surface area contributed by atoms with Gasteiger partial charge in [-0.15, -0.1) is 0 Å². The Labute approximate surface area is 194 Å². The van der Waals surface area contributed by atoms with Crippen LogP contribution in [0.5, 0.6) is 0 Å². The number of carbonyl (C=O) groups is 2. The molecule has 2 unspecified atom stereocenters. The van der Waals surface area contributed by atoms with Crippen LogP contribution in [0.4, 0.5) is 0 Å². The normalized spacial score (nSPS) is 20.6. The van der Waals surface area contributed by atoms with Gasteiger partial charge in [-0.2, -0.15) is 5.10 Å². The summed E-state index contributed by atoms with van der Waals surface area (Å²) < 4.78 is 2.17. The summed E-state index contributed by atoms with van der Waals surface area (Å²) in [4.78, 5) is 29.4. The summed E-state index contributed by atoms with van der Waals surface area (Å²) in [6.07, 6.45) is 7.58. The van der Waals surface area contributed by atoms with Crippen molar-refractivity contribution in [2.75, 3.05) is 0 Å². The summed E-state index contributed by atoms with van der Waals surface area (Å²) in [7, 11) is 0. The number of halogens is 2. The highest BCUT2D eigenvalue weighted by Crippen LogP contribution is 2.46. The highest BCUT2D eigenvalue weighted by Gasteiger charge is 2.45. The van der Waals surface area contributed by atoms with E-state index in [0.29, 0.717) is 21.1 Å². The molecule has 0 saturated carbocycles. The fourth-order valence-corrected chi connectivity index (χ4v) is 4.70. The van der Waals surface area contributed by atoms with Gasteiger partial charge in [0.2, 0.25) is 11.8 Å². The number of allylic oxidation sites excluding steroid dienone is 4. The minimum absolute atomic E-state index is 0.00308. The molecule has 0 saturated heterocycles. The number of amides is 2. The molecule has 0 spiro atoms. The summed E-state index contributed by atoms with van der Waals surface area (Å²) >= 11 is 9.86. The smallest absolute Gasteiger partial charge is 0.220 e. The summed E-state index contributed by atoms with van der Waals surface area (Å²) in [6.45, 7) is 5.77. The monoisotopic (exact) mass is 505 g/mol. The molecule has 2 aromatic rings. The largest absolute Gasteiger partial charge is 0.370 e. The quantitative estimate of drug-likeness (QED) is 0.595. The van der Waals surface area contributed by atoms with Crippen LogP contribution in [0.2, 0.25) is 5.02 Å². The van der Waals surface area contributed by atoms with E-state index in [4.69, 9.17) is 17.3 Å². The Morgan fingerprint density at radius 3 is 2.81 bits per heavy atom. The Bertz CT molecular complexity index is 1060. The first-order valence-electron chi connectivity index (χ1n) is 9.94. The average molecular weight is 507 g/mol. The molecule has 1 aliphatic carbocycles. The number of aromatic nitrogens is 3. The maximum atomic E-state index is 12.7. The van der Waals surface area contributed by atoms with Crippen LogP contribution in [0.15, 0.2) is 52.8 Å². The van der Waals surface area contributed by atoms with E-state index in [-0.39, 0.29) is 30.7 Å². The van der Waals surface area contributed by atoms with E-state index in [1.807, 2.05) is 45.1 Å². The van der Waals surface area contributed by atoms with Crippen LogP contribution in [0.1, 0.15) is 39.3 Å². The van der Waals surface area contributed by atoms with Gasteiger partial charge in [0.05, 0.1) is 10.7 Å². The van der Waals surface area contributed by atoms with Crippen molar-refractivity contribution in [3.8, 4) is 5.82 Å².